The van der Waals surface area contributed by atoms with Crippen LogP contribution in [0, 0.1) is 0 Å². The largest absolute Gasteiger partial charge is 0.352 e. The van der Waals surface area contributed by atoms with Crippen molar-refractivity contribution in [3.8, 4) is 0 Å². The Morgan fingerprint density at radius 3 is 2.63 bits per heavy atom. The summed E-state index contributed by atoms with van der Waals surface area (Å²) in [4.78, 5) is 35.6. The van der Waals surface area contributed by atoms with Crippen molar-refractivity contribution in [1.82, 2.24) is 15.1 Å². The molecule has 19 heavy (non-hydrogen) atoms. The highest BCUT2D eigenvalue weighted by molar-refractivity contribution is 5.81. The van der Waals surface area contributed by atoms with Gasteiger partial charge in [-0.2, -0.15) is 0 Å². The van der Waals surface area contributed by atoms with Crippen molar-refractivity contribution in [3.05, 3.63) is 45.0 Å². The quantitative estimate of drug-likeness (QED) is 0.811. The van der Waals surface area contributed by atoms with Gasteiger partial charge in [0.05, 0.1) is 10.8 Å². The van der Waals surface area contributed by atoms with Gasteiger partial charge in [-0.15, -0.1) is 0 Å². The maximum atomic E-state index is 12.1. The van der Waals surface area contributed by atoms with Gasteiger partial charge in [-0.05, 0) is 25.0 Å². The molecule has 0 aliphatic heterocycles. The molecule has 0 spiro atoms. The number of nitrogens with zero attached hydrogens (tertiary/aromatic N) is 1. The van der Waals surface area contributed by atoms with E-state index < -0.39 is 0 Å². The minimum Gasteiger partial charge on any atom is -0.352 e. The highest BCUT2D eigenvalue weighted by Crippen LogP contribution is 2.18. The molecule has 1 heterocycles. The van der Waals surface area contributed by atoms with Gasteiger partial charge in [0.2, 0.25) is 5.91 Å². The van der Waals surface area contributed by atoms with Gasteiger partial charge in [0, 0.05) is 6.04 Å². The lowest BCUT2D eigenvalue weighted by Gasteiger charge is -2.07. The van der Waals surface area contributed by atoms with Crippen LogP contribution in [0.2, 0.25) is 0 Å². The van der Waals surface area contributed by atoms with E-state index in [1.54, 1.807) is 24.3 Å². The summed E-state index contributed by atoms with van der Waals surface area (Å²) >= 11 is 0. The van der Waals surface area contributed by atoms with E-state index in [9.17, 15) is 14.4 Å². The fourth-order valence-electron chi connectivity index (χ4n) is 2.00. The smallest absolute Gasteiger partial charge is 0.273 e. The van der Waals surface area contributed by atoms with Gasteiger partial charge in [-0.25, -0.2) is 4.68 Å². The topological polar surface area (TPSA) is 84.0 Å². The van der Waals surface area contributed by atoms with E-state index in [-0.39, 0.29) is 29.6 Å². The highest BCUT2D eigenvalue weighted by Gasteiger charge is 2.23. The number of rotatable bonds is 3. The zero-order valence-electron chi connectivity index (χ0n) is 10.2. The molecule has 0 radical (unpaired) electrons. The molecular weight excluding hydrogens is 246 g/mol. The fraction of sp³-hybridized carbons (Fsp3) is 0.308. The molecular formula is C13H13N3O3. The Labute approximate surface area is 108 Å². The number of hydrogen-bond acceptors (Lipinski definition) is 3. The lowest BCUT2D eigenvalue weighted by molar-refractivity contribution is -0.122. The maximum Gasteiger partial charge on any atom is 0.273 e. The van der Waals surface area contributed by atoms with E-state index in [1.165, 1.54) is 0 Å². The summed E-state index contributed by atoms with van der Waals surface area (Å²) in [5.41, 5.74) is -0.726. The molecule has 6 heteroatoms. The normalized spacial score (nSPS) is 14.5. The van der Waals surface area contributed by atoms with Crippen molar-refractivity contribution < 1.29 is 4.79 Å². The molecule has 1 fully saturated rings. The third kappa shape index (κ3) is 2.29. The van der Waals surface area contributed by atoms with Crippen molar-refractivity contribution in [2.45, 2.75) is 25.4 Å². The van der Waals surface area contributed by atoms with Crippen LogP contribution in [0.25, 0.3) is 10.8 Å². The van der Waals surface area contributed by atoms with Crippen LogP contribution >= 0.6 is 0 Å². The number of hydrogen-bond donors (Lipinski definition) is 2. The number of nitrogens with one attached hydrogen (secondary N) is 2. The van der Waals surface area contributed by atoms with E-state index >= 15 is 0 Å². The second-order valence-corrected chi connectivity index (χ2v) is 4.72. The second kappa shape index (κ2) is 4.38. The number of amides is 1. The fourth-order valence-corrected chi connectivity index (χ4v) is 2.00. The monoisotopic (exact) mass is 259 g/mol. The van der Waals surface area contributed by atoms with E-state index in [0.717, 1.165) is 17.5 Å². The summed E-state index contributed by atoms with van der Waals surface area (Å²) in [6.45, 7) is -0.157. The average molecular weight is 259 g/mol. The van der Waals surface area contributed by atoms with Gasteiger partial charge in [-0.3, -0.25) is 19.5 Å². The molecule has 0 unspecified atom stereocenters. The maximum absolute atomic E-state index is 12.1. The third-order valence-corrected chi connectivity index (χ3v) is 3.13. The van der Waals surface area contributed by atoms with Crippen molar-refractivity contribution in [2.75, 3.05) is 0 Å². The first-order valence-electron chi connectivity index (χ1n) is 6.16. The van der Waals surface area contributed by atoms with Gasteiger partial charge in [0.15, 0.2) is 0 Å². The summed E-state index contributed by atoms with van der Waals surface area (Å²) in [7, 11) is 0. The Morgan fingerprint density at radius 1 is 1.26 bits per heavy atom. The Morgan fingerprint density at radius 2 is 1.95 bits per heavy atom. The van der Waals surface area contributed by atoms with Crippen molar-refractivity contribution in [1.29, 1.82) is 0 Å². The molecule has 0 atom stereocenters. The van der Waals surface area contributed by atoms with Gasteiger partial charge in [0.25, 0.3) is 11.1 Å². The predicted octanol–water partition coefficient (Wildman–Crippen LogP) is -0.0316. The summed E-state index contributed by atoms with van der Waals surface area (Å²) in [5.74, 6) is -0.254. The molecule has 0 bridgehead atoms. The standard InChI is InChI=1S/C13H13N3O3/c17-11(14-8-5-6-8)7-16-13(19)10-4-2-1-3-9(10)12(18)15-16/h1-4,8H,5-7H2,(H,14,17)(H,15,18). The molecule has 98 valence electrons. The number of aromatic nitrogens is 2. The molecule has 2 N–H and O–H groups in total. The van der Waals surface area contributed by atoms with Crippen LogP contribution in [0.5, 0.6) is 0 Å². The van der Waals surface area contributed by atoms with Gasteiger partial charge < -0.3 is 5.32 Å². The molecule has 3 rings (SSSR count). The van der Waals surface area contributed by atoms with Crippen LogP contribution in [-0.4, -0.2) is 21.7 Å². The predicted molar refractivity (Wildman–Crippen MR) is 70.0 cm³/mol. The molecule has 1 amide bonds. The molecule has 1 aliphatic rings. The van der Waals surface area contributed by atoms with Gasteiger partial charge in [0.1, 0.15) is 6.54 Å². The molecule has 1 aliphatic carbocycles. The number of fused-ring (bicyclic) bond motifs is 1. The number of aromatic amines is 1. The summed E-state index contributed by atoms with van der Waals surface area (Å²) in [6.07, 6.45) is 1.96. The van der Waals surface area contributed by atoms with Crippen LogP contribution in [0.1, 0.15) is 12.8 Å². The lowest BCUT2D eigenvalue weighted by atomic mass is 10.2. The summed E-state index contributed by atoms with van der Waals surface area (Å²) in [6, 6.07) is 6.79. The molecule has 2 aromatic rings. The molecule has 0 saturated heterocycles. The van der Waals surface area contributed by atoms with Crippen LogP contribution < -0.4 is 16.4 Å². The Kier molecular flexibility index (Phi) is 2.70. The second-order valence-electron chi connectivity index (χ2n) is 4.72. The summed E-state index contributed by atoms with van der Waals surface area (Å²) < 4.78 is 1.06. The number of carbonyl (C=O) groups is 1. The first-order chi connectivity index (χ1) is 9.15. The molecule has 1 saturated carbocycles. The third-order valence-electron chi connectivity index (χ3n) is 3.13. The van der Waals surface area contributed by atoms with E-state index in [1.807, 2.05) is 0 Å². The van der Waals surface area contributed by atoms with Crippen molar-refractivity contribution in [3.63, 3.8) is 0 Å². The van der Waals surface area contributed by atoms with E-state index in [4.69, 9.17) is 0 Å². The first kappa shape index (κ1) is 11.7. The Hall–Kier alpha value is -2.37. The zero-order valence-corrected chi connectivity index (χ0v) is 10.2. The van der Waals surface area contributed by atoms with Gasteiger partial charge in [-0.1, -0.05) is 12.1 Å². The minimum atomic E-state index is -0.366. The number of benzene rings is 1. The van der Waals surface area contributed by atoms with Crippen LogP contribution in [0.3, 0.4) is 0 Å². The Balaban J connectivity index is 1.99. The minimum absolute atomic E-state index is 0.157. The van der Waals surface area contributed by atoms with E-state index in [2.05, 4.69) is 10.4 Å². The number of carbonyl (C=O) groups excluding carboxylic acids is 1. The van der Waals surface area contributed by atoms with Crippen molar-refractivity contribution >= 4 is 16.7 Å². The zero-order chi connectivity index (χ0) is 13.4. The average Bonchev–Trinajstić information content (AvgIpc) is 3.19. The van der Waals surface area contributed by atoms with Gasteiger partial charge >= 0.3 is 0 Å². The number of H-pyrrole nitrogens is 1. The van der Waals surface area contributed by atoms with Crippen LogP contribution in [0.4, 0.5) is 0 Å². The molecule has 6 nitrogen and oxygen atoms in total. The summed E-state index contributed by atoms with van der Waals surface area (Å²) in [5, 5.41) is 5.87. The highest BCUT2D eigenvalue weighted by atomic mass is 16.2. The SMILES string of the molecule is O=C(Cn1[nH]c(=O)c2ccccc2c1=O)NC1CC1. The van der Waals surface area contributed by atoms with Crippen LogP contribution in [-0.2, 0) is 11.3 Å². The lowest BCUT2D eigenvalue weighted by Crippen LogP contribution is -2.37. The van der Waals surface area contributed by atoms with Crippen LogP contribution in [0.15, 0.2) is 33.9 Å². The Bertz CT molecular complexity index is 756. The first-order valence-corrected chi connectivity index (χ1v) is 6.16. The molecule has 1 aromatic carbocycles. The molecule has 1 aromatic heterocycles. The van der Waals surface area contributed by atoms with E-state index in [0.29, 0.717) is 10.8 Å². The van der Waals surface area contributed by atoms with Crippen molar-refractivity contribution in [2.24, 2.45) is 0 Å².